The smallest absolute Gasteiger partial charge is 0.309 e. The summed E-state index contributed by atoms with van der Waals surface area (Å²) >= 11 is 0. The molecule has 19 heavy (non-hydrogen) atoms. The third-order valence-electron chi connectivity index (χ3n) is 2.93. The SMILES string of the molecule is CCCCN(C)c1ccc2nc(CC(=O)O)cn2n1. The summed E-state index contributed by atoms with van der Waals surface area (Å²) in [6.07, 6.45) is 3.84. The first-order valence-corrected chi connectivity index (χ1v) is 6.38. The quantitative estimate of drug-likeness (QED) is 0.856. The van der Waals surface area contributed by atoms with Crippen molar-refractivity contribution >= 4 is 17.4 Å². The molecule has 0 amide bonds. The van der Waals surface area contributed by atoms with Crippen LogP contribution in [0.25, 0.3) is 5.65 Å². The normalized spacial score (nSPS) is 10.8. The molecule has 102 valence electrons. The molecule has 0 bridgehead atoms. The van der Waals surface area contributed by atoms with Crippen molar-refractivity contribution < 1.29 is 9.90 Å². The van der Waals surface area contributed by atoms with Gasteiger partial charge in [0.25, 0.3) is 0 Å². The Labute approximate surface area is 111 Å². The Morgan fingerprint density at radius 2 is 2.26 bits per heavy atom. The standard InChI is InChI=1S/C13H18N4O2/c1-3-4-7-16(2)12-6-5-11-14-10(8-13(18)19)9-17(11)15-12/h5-6,9H,3-4,7-8H2,1-2H3,(H,18,19). The highest BCUT2D eigenvalue weighted by molar-refractivity contribution is 5.69. The van der Waals surface area contributed by atoms with Crippen molar-refractivity contribution in [1.82, 2.24) is 14.6 Å². The second-order valence-corrected chi connectivity index (χ2v) is 4.57. The zero-order valence-corrected chi connectivity index (χ0v) is 11.2. The number of nitrogens with zero attached hydrogens (tertiary/aromatic N) is 4. The van der Waals surface area contributed by atoms with E-state index in [2.05, 4.69) is 21.9 Å². The average molecular weight is 262 g/mol. The maximum atomic E-state index is 10.7. The number of aromatic nitrogens is 3. The second kappa shape index (κ2) is 5.69. The van der Waals surface area contributed by atoms with Crippen LogP contribution >= 0.6 is 0 Å². The van der Waals surface area contributed by atoms with Crippen LogP contribution in [0, 0.1) is 0 Å². The Bertz CT molecular complexity index is 579. The van der Waals surface area contributed by atoms with Crippen molar-refractivity contribution in [2.24, 2.45) is 0 Å². The Balaban J connectivity index is 2.22. The minimum absolute atomic E-state index is 0.0790. The number of rotatable bonds is 6. The number of anilines is 1. The molecule has 2 aromatic heterocycles. The van der Waals surface area contributed by atoms with E-state index in [1.807, 2.05) is 19.2 Å². The van der Waals surface area contributed by atoms with Gasteiger partial charge in [0.1, 0.15) is 5.82 Å². The maximum Gasteiger partial charge on any atom is 0.309 e. The molecule has 6 heteroatoms. The third kappa shape index (κ3) is 3.21. The number of hydrogen-bond donors (Lipinski definition) is 1. The van der Waals surface area contributed by atoms with Gasteiger partial charge in [-0.25, -0.2) is 9.50 Å². The van der Waals surface area contributed by atoms with Crippen molar-refractivity contribution in [3.05, 3.63) is 24.0 Å². The van der Waals surface area contributed by atoms with E-state index < -0.39 is 5.97 Å². The molecule has 0 unspecified atom stereocenters. The molecule has 0 atom stereocenters. The first-order chi connectivity index (χ1) is 9.10. The van der Waals surface area contributed by atoms with Crippen molar-refractivity contribution in [1.29, 1.82) is 0 Å². The van der Waals surface area contributed by atoms with Crippen LogP contribution in [-0.2, 0) is 11.2 Å². The Kier molecular flexibility index (Phi) is 3.99. The predicted octanol–water partition coefficient (Wildman–Crippen LogP) is 1.59. The zero-order chi connectivity index (χ0) is 13.8. The largest absolute Gasteiger partial charge is 0.481 e. The van der Waals surface area contributed by atoms with Crippen molar-refractivity contribution in [2.45, 2.75) is 26.2 Å². The molecule has 0 aromatic carbocycles. The number of hydrogen-bond acceptors (Lipinski definition) is 4. The maximum absolute atomic E-state index is 10.7. The number of carbonyl (C=O) groups is 1. The van der Waals surface area contributed by atoms with Crippen LogP contribution in [0.3, 0.4) is 0 Å². The molecule has 0 aliphatic rings. The fourth-order valence-electron chi connectivity index (χ4n) is 1.87. The highest BCUT2D eigenvalue weighted by Crippen LogP contribution is 2.12. The predicted molar refractivity (Wildman–Crippen MR) is 72.5 cm³/mol. The monoisotopic (exact) mass is 262 g/mol. The van der Waals surface area contributed by atoms with E-state index in [4.69, 9.17) is 5.11 Å². The first-order valence-electron chi connectivity index (χ1n) is 6.38. The van der Waals surface area contributed by atoms with Gasteiger partial charge >= 0.3 is 5.97 Å². The van der Waals surface area contributed by atoms with Gasteiger partial charge in [-0.3, -0.25) is 4.79 Å². The minimum atomic E-state index is -0.885. The summed E-state index contributed by atoms with van der Waals surface area (Å²) in [5.41, 5.74) is 1.19. The highest BCUT2D eigenvalue weighted by atomic mass is 16.4. The van der Waals surface area contributed by atoms with Gasteiger partial charge in [0, 0.05) is 13.6 Å². The lowest BCUT2D eigenvalue weighted by molar-refractivity contribution is -0.136. The molecule has 0 aliphatic carbocycles. The molecular formula is C13H18N4O2. The van der Waals surface area contributed by atoms with E-state index in [0.717, 1.165) is 25.2 Å². The van der Waals surface area contributed by atoms with E-state index >= 15 is 0 Å². The van der Waals surface area contributed by atoms with E-state index in [9.17, 15) is 4.79 Å². The number of imidazole rings is 1. The van der Waals surface area contributed by atoms with Gasteiger partial charge in [-0.1, -0.05) is 13.3 Å². The summed E-state index contributed by atoms with van der Waals surface area (Å²) in [7, 11) is 2.00. The molecular weight excluding hydrogens is 244 g/mol. The number of carboxylic acid groups (broad SMARTS) is 1. The lowest BCUT2D eigenvalue weighted by atomic mass is 10.3. The Morgan fingerprint density at radius 1 is 1.47 bits per heavy atom. The lowest BCUT2D eigenvalue weighted by Gasteiger charge is -2.17. The molecule has 0 spiro atoms. The van der Waals surface area contributed by atoms with Gasteiger partial charge in [0.2, 0.25) is 0 Å². The van der Waals surface area contributed by atoms with Crippen LogP contribution in [0.1, 0.15) is 25.5 Å². The number of fused-ring (bicyclic) bond motifs is 1. The first kappa shape index (κ1) is 13.3. The van der Waals surface area contributed by atoms with E-state index in [1.165, 1.54) is 0 Å². The molecule has 2 rings (SSSR count). The summed E-state index contributed by atoms with van der Waals surface area (Å²) < 4.78 is 1.63. The van der Waals surface area contributed by atoms with Crippen molar-refractivity contribution in [3.8, 4) is 0 Å². The topological polar surface area (TPSA) is 70.7 Å². The van der Waals surface area contributed by atoms with Crippen LogP contribution in [0.15, 0.2) is 18.3 Å². The van der Waals surface area contributed by atoms with Crippen LogP contribution in [0.4, 0.5) is 5.82 Å². The lowest BCUT2D eigenvalue weighted by Crippen LogP contribution is -2.20. The van der Waals surface area contributed by atoms with Gasteiger partial charge in [-0.2, -0.15) is 0 Å². The van der Waals surface area contributed by atoms with Crippen molar-refractivity contribution in [2.75, 3.05) is 18.5 Å². The summed E-state index contributed by atoms with van der Waals surface area (Å²) in [6.45, 7) is 3.10. The summed E-state index contributed by atoms with van der Waals surface area (Å²) in [6, 6.07) is 3.76. The Hall–Kier alpha value is -2.11. The van der Waals surface area contributed by atoms with Gasteiger partial charge in [-0.05, 0) is 18.6 Å². The number of aliphatic carboxylic acids is 1. The molecule has 0 radical (unpaired) electrons. The van der Waals surface area contributed by atoms with Gasteiger partial charge in [-0.15, -0.1) is 5.10 Å². The van der Waals surface area contributed by atoms with Crippen molar-refractivity contribution in [3.63, 3.8) is 0 Å². The molecule has 0 saturated heterocycles. The molecule has 2 aromatic rings. The third-order valence-corrected chi connectivity index (χ3v) is 2.93. The van der Waals surface area contributed by atoms with E-state index in [0.29, 0.717) is 11.3 Å². The summed E-state index contributed by atoms with van der Waals surface area (Å²) in [5, 5.41) is 13.2. The molecule has 6 nitrogen and oxygen atoms in total. The summed E-state index contributed by atoms with van der Waals surface area (Å²) in [4.78, 5) is 17.0. The minimum Gasteiger partial charge on any atom is -0.481 e. The summed E-state index contributed by atoms with van der Waals surface area (Å²) in [5.74, 6) is -0.0241. The fourth-order valence-corrected chi connectivity index (χ4v) is 1.87. The molecule has 1 N–H and O–H groups in total. The van der Waals surface area contributed by atoms with Crippen LogP contribution in [0.5, 0.6) is 0 Å². The number of unbranched alkanes of at least 4 members (excludes halogenated alkanes) is 1. The molecule has 0 aliphatic heterocycles. The Morgan fingerprint density at radius 3 is 2.95 bits per heavy atom. The second-order valence-electron chi connectivity index (χ2n) is 4.57. The van der Waals surface area contributed by atoms with Crippen LogP contribution in [-0.4, -0.2) is 39.3 Å². The number of carboxylic acids is 1. The highest BCUT2D eigenvalue weighted by Gasteiger charge is 2.08. The molecule has 0 fully saturated rings. The molecule has 0 saturated carbocycles. The fraction of sp³-hybridized carbons (Fsp3) is 0.462. The van der Waals surface area contributed by atoms with Crippen LogP contribution < -0.4 is 4.90 Å². The van der Waals surface area contributed by atoms with E-state index in [-0.39, 0.29) is 6.42 Å². The van der Waals surface area contributed by atoms with Gasteiger partial charge < -0.3 is 10.0 Å². The molecule has 2 heterocycles. The average Bonchev–Trinajstić information content (AvgIpc) is 2.75. The van der Waals surface area contributed by atoms with Gasteiger partial charge in [0.05, 0.1) is 18.3 Å². The van der Waals surface area contributed by atoms with E-state index in [1.54, 1.807) is 10.7 Å². The van der Waals surface area contributed by atoms with Gasteiger partial charge in [0.15, 0.2) is 5.65 Å². The zero-order valence-electron chi connectivity index (χ0n) is 11.2. The van der Waals surface area contributed by atoms with Crippen LogP contribution in [0.2, 0.25) is 0 Å².